The van der Waals surface area contributed by atoms with Crippen LogP contribution in [-0.2, 0) is 0 Å². The van der Waals surface area contributed by atoms with Crippen molar-refractivity contribution < 1.29 is 0 Å². The first-order valence-electron chi connectivity index (χ1n) is 2.77. The standard InChI is InChI=1S/C7H10Cl2/c1-6(3-4-8)5-7(2)9/h3-4,6H,2,5H2,1H3/b4-3+. The van der Waals surface area contributed by atoms with Gasteiger partial charge in [0, 0.05) is 10.6 Å². The second kappa shape index (κ2) is 4.89. The minimum Gasteiger partial charge on any atom is -0.0933 e. The van der Waals surface area contributed by atoms with E-state index in [-0.39, 0.29) is 0 Å². The van der Waals surface area contributed by atoms with E-state index < -0.39 is 0 Å². The molecule has 1 unspecified atom stereocenters. The van der Waals surface area contributed by atoms with Crippen molar-refractivity contribution in [1.29, 1.82) is 0 Å². The van der Waals surface area contributed by atoms with Crippen LogP contribution < -0.4 is 0 Å². The van der Waals surface area contributed by atoms with E-state index >= 15 is 0 Å². The molecule has 0 rings (SSSR count). The van der Waals surface area contributed by atoms with Crippen LogP contribution in [0.1, 0.15) is 13.3 Å². The molecule has 0 fully saturated rings. The van der Waals surface area contributed by atoms with Crippen molar-refractivity contribution in [3.05, 3.63) is 23.2 Å². The SMILES string of the molecule is C=C(Cl)CC(C)/C=C/Cl. The minimum absolute atomic E-state index is 0.396. The summed E-state index contributed by atoms with van der Waals surface area (Å²) in [5, 5.41) is 0.678. The highest BCUT2D eigenvalue weighted by molar-refractivity contribution is 6.29. The van der Waals surface area contributed by atoms with E-state index in [1.165, 1.54) is 5.54 Å². The van der Waals surface area contributed by atoms with Gasteiger partial charge in [0.1, 0.15) is 0 Å². The summed E-state index contributed by atoms with van der Waals surface area (Å²) in [6.45, 7) is 5.60. The number of halogens is 2. The average Bonchev–Trinajstić information content (AvgIpc) is 1.63. The fourth-order valence-electron chi connectivity index (χ4n) is 0.542. The number of rotatable bonds is 3. The molecule has 0 aromatic carbocycles. The summed E-state index contributed by atoms with van der Waals surface area (Å²) in [5.41, 5.74) is 1.50. The Morgan fingerprint density at radius 3 is 2.67 bits per heavy atom. The third-order valence-electron chi connectivity index (χ3n) is 0.945. The van der Waals surface area contributed by atoms with Crippen molar-refractivity contribution in [3.8, 4) is 0 Å². The summed E-state index contributed by atoms with van der Waals surface area (Å²) < 4.78 is 0. The molecule has 0 heterocycles. The molecule has 0 bridgehead atoms. The highest BCUT2D eigenvalue weighted by Gasteiger charge is 1.96. The quantitative estimate of drug-likeness (QED) is 0.600. The van der Waals surface area contributed by atoms with Crippen molar-refractivity contribution in [3.63, 3.8) is 0 Å². The monoisotopic (exact) mass is 164 g/mol. The van der Waals surface area contributed by atoms with Gasteiger partial charge in [-0.1, -0.05) is 42.8 Å². The summed E-state index contributed by atoms with van der Waals surface area (Å²) in [4.78, 5) is 0. The van der Waals surface area contributed by atoms with E-state index in [1.807, 2.05) is 13.0 Å². The zero-order chi connectivity index (χ0) is 7.28. The Balaban J connectivity index is 3.50. The Morgan fingerprint density at radius 2 is 2.33 bits per heavy atom. The van der Waals surface area contributed by atoms with Gasteiger partial charge in [-0.25, -0.2) is 0 Å². The van der Waals surface area contributed by atoms with E-state index in [1.54, 1.807) is 0 Å². The van der Waals surface area contributed by atoms with Crippen LogP contribution in [-0.4, -0.2) is 0 Å². The van der Waals surface area contributed by atoms with Gasteiger partial charge in [0.15, 0.2) is 0 Å². The summed E-state index contributed by atoms with van der Waals surface area (Å²) in [5.74, 6) is 0.396. The van der Waals surface area contributed by atoms with Crippen LogP contribution in [0, 0.1) is 5.92 Å². The smallest absolute Gasteiger partial charge is 0.0115 e. The molecule has 0 N–H and O–H groups in total. The van der Waals surface area contributed by atoms with Gasteiger partial charge in [0.25, 0.3) is 0 Å². The summed E-state index contributed by atoms with van der Waals surface area (Å²) in [7, 11) is 0. The first-order chi connectivity index (χ1) is 4.16. The molecule has 0 saturated heterocycles. The van der Waals surface area contributed by atoms with Gasteiger partial charge >= 0.3 is 0 Å². The Labute approximate surface area is 66.2 Å². The van der Waals surface area contributed by atoms with Crippen molar-refractivity contribution in [2.24, 2.45) is 5.92 Å². The van der Waals surface area contributed by atoms with E-state index in [0.29, 0.717) is 11.0 Å². The van der Waals surface area contributed by atoms with Crippen molar-refractivity contribution in [2.45, 2.75) is 13.3 Å². The minimum atomic E-state index is 0.396. The lowest BCUT2D eigenvalue weighted by Gasteiger charge is -2.00. The molecule has 0 aliphatic carbocycles. The third kappa shape index (κ3) is 5.94. The molecule has 0 aliphatic rings. The topological polar surface area (TPSA) is 0 Å². The lowest BCUT2D eigenvalue weighted by molar-refractivity contribution is 0.739. The van der Waals surface area contributed by atoms with Gasteiger partial charge in [0.05, 0.1) is 0 Å². The molecule has 9 heavy (non-hydrogen) atoms. The van der Waals surface area contributed by atoms with Crippen LogP contribution in [0.3, 0.4) is 0 Å². The molecule has 52 valence electrons. The first-order valence-corrected chi connectivity index (χ1v) is 3.58. The molecular formula is C7H10Cl2. The Morgan fingerprint density at radius 1 is 1.78 bits per heavy atom. The number of allylic oxidation sites excluding steroid dienone is 2. The molecule has 0 saturated carbocycles. The molecule has 1 atom stereocenters. The summed E-state index contributed by atoms with van der Waals surface area (Å²) in [6.07, 6.45) is 2.68. The van der Waals surface area contributed by atoms with E-state index in [0.717, 1.165) is 6.42 Å². The van der Waals surface area contributed by atoms with E-state index in [2.05, 4.69) is 6.58 Å². The first kappa shape index (κ1) is 9.06. The molecule has 0 aromatic rings. The Hall–Kier alpha value is 0.0600. The largest absolute Gasteiger partial charge is 0.0933 e. The van der Waals surface area contributed by atoms with E-state index in [4.69, 9.17) is 23.2 Å². The maximum atomic E-state index is 5.54. The van der Waals surface area contributed by atoms with Crippen LogP contribution in [0.4, 0.5) is 0 Å². The van der Waals surface area contributed by atoms with Crippen molar-refractivity contribution >= 4 is 23.2 Å². The maximum Gasteiger partial charge on any atom is 0.0115 e. The van der Waals surface area contributed by atoms with Crippen LogP contribution >= 0.6 is 23.2 Å². The second-order valence-corrected chi connectivity index (χ2v) is 2.80. The van der Waals surface area contributed by atoms with Crippen LogP contribution in [0.2, 0.25) is 0 Å². The van der Waals surface area contributed by atoms with Gasteiger partial charge in [-0.2, -0.15) is 0 Å². The highest BCUT2D eigenvalue weighted by atomic mass is 35.5. The molecule has 0 aliphatic heterocycles. The zero-order valence-electron chi connectivity index (χ0n) is 5.40. The summed E-state index contributed by atoms with van der Waals surface area (Å²) in [6, 6.07) is 0. The van der Waals surface area contributed by atoms with Crippen LogP contribution in [0.5, 0.6) is 0 Å². The predicted octanol–water partition coefficient (Wildman–Crippen LogP) is 3.52. The molecule has 0 aromatic heterocycles. The fraction of sp³-hybridized carbons (Fsp3) is 0.429. The number of hydrogen-bond donors (Lipinski definition) is 0. The Bertz CT molecular complexity index is 116. The fourth-order valence-corrected chi connectivity index (χ4v) is 1.03. The number of hydrogen-bond acceptors (Lipinski definition) is 0. The molecule has 0 spiro atoms. The van der Waals surface area contributed by atoms with Crippen LogP contribution in [0.25, 0.3) is 0 Å². The molecular weight excluding hydrogens is 155 g/mol. The van der Waals surface area contributed by atoms with Gasteiger partial charge in [-0.05, 0) is 12.3 Å². The predicted molar refractivity (Wildman–Crippen MR) is 43.8 cm³/mol. The molecule has 0 nitrogen and oxygen atoms in total. The zero-order valence-corrected chi connectivity index (χ0v) is 6.91. The third-order valence-corrected chi connectivity index (χ3v) is 1.24. The van der Waals surface area contributed by atoms with Gasteiger partial charge < -0.3 is 0 Å². The average molecular weight is 165 g/mol. The lowest BCUT2D eigenvalue weighted by Crippen LogP contribution is -1.86. The van der Waals surface area contributed by atoms with Gasteiger partial charge in [-0.15, -0.1) is 0 Å². The normalized spacial score (nSPS) is 14.1. The summed E-state index contributed by atoms with van der Waals surface area (Å²) >= 11 is 10.9. The molecule has 0 amide bonds. The van der Waals surface area contributed by atoms with Crippen molar-refractivity contribution in [2.75, 3.05) is 0 Å². The maximum absolute atomic E-state index is 5.54. The lowest BCUT2D eigenvalue weighted by atomic mass is 10.1. The Kier molecular flexibility index (Phi) is 4.93. The molecule has 0 radical (unpaired) electrons. The van der Waals surface area contributed by atoms with Gasteiger partial charge in [0.2, 0.25) is 0 Å². The highest BCUT2D eigenvalue weighted by Crippen LogP contribution is 2.13. The van der Waals surface area contributed by atoms with Crippen LogP contribution in [0.15, 0.2) is 23.2 Å². The van der Waals surface area contributed by atoms with Crippen molar-refractivity contribution in [1.82, 2.24) is 0 Å². The molecule has 2 heteroatoms. The van der Waals surface area contributed by atoms with E-state index in [9.17, 15) is 0 Å². The second-order valence-electron chi connectivity index (χ2n) is 2.02. The van der Waals surface area contributed by atoms with Gasteiger partial charge in [-0.3, -0.25) is 0 Å².